The summed E-state index contributed by atoms with van der Waals surface area (Å²) in [4.78, 5) is 14.9. The highest BCUT2D eigenvalue weighted by Crippen LogP contribution is 2.02. The van der Waals surface area contributed by atoms with Crippen LogP contribution in [0.2, 0.25) is 0 Å². The van der Waals surface area contributed by atoms with E-state index in [0.29, 0.717) is 5.56 Å². The van der Waals surface area contributed by atoms with Gasteiger partial charge in [-0.3, -0.25) is 4.98 Å². The minimum atomic E-state index is -0.429. The molecule has 0 bridgehead atoms. The molecule has 3 nitrogen and oxygen atoms in total. The van der Waals surface area contributed by atoms with E-state index in [1.807, 2.05) is 6.92 Å². The average molecular weight is 163 g/mol. The molecule has 1 aromatic rings. The molecule has 0 radical (unpaired) electrons. The minimum Gasteiger partial charge on any atom is -0.431 e. The molecular formula is C9H9NO2. The van der Waals surface area contributed by atoms with Crippen molar-refractivity contribution >= 4 is 5.97 Å². The zero-order chi connectivity index (χ0) is 8.97. The lowest BCUT2D eigenvalue weighted by atomic mass is 10.2. The molecule has 0 atom stereocenters. The van der Waals surface area contributed by atoms with Crippen LogP contribution in [0.3, 0.4) is 0 Å². The van der Waals surface area contributed by atoms with Gasteiger partial charge in [0, 0.05) is 12.4 Å². The van der Waals surface area contributed by atoms with E-state index in [4.69, 9.17) is 0 Å². The molecule has 1 heterocycles. The first-order valence-corrected chi connectivity index (χ1v) is 3.47. The summed E-state index contributed by atoms with van der Waals surface area (Å²) in [6.07, 6.45) is 4.23. The second-order valence-electron chi connectivity index (χ2n) is 2.32. The van der Waals surface area contributed by atoms with Crippen LogP contribution in [0.4, 0.5) is 0 Å². The predicted octanol–water partition coefficient (Wildman–Crippen LogP) is 1.69. The molecule has 12 heavy (non-hydrogen) atoms. The first kappa shape index (κ1) is 8.46. The Labute approximate surface area is 70.7 Å². The van der Waals surface area contributed by atoms with E-state index in [1.165, 1.54) is 6.20 Å². The molecule has 0 spiro atoms. The van der Waals surface area contributed by atoms with Crippen LogP contribution in [0, 0.1) is 6.92 Å². The summed E-state index contributed by atoms with van der Waals surface area (Å²) in [7, 11) is 0. The van der Waals surface area contributed by atoms with Gasteiger partial charge in [0.15, 0.2) is 0 Å². The van der Waals surface area contributed by atoms with Gasteiger partial charge in [0.1, 0.15) is 0 Å². The lowest BCUT2D eigenvalue weighted by Gasteiger charge is -1.98. The maximum Gasteiger partial charge on any atom is 0.344 e. The third-order valence-corrected chi connectivity index (χ3v) is 1.30. The van der Waals surface area contributed by atoms with Crippen molar-refractivity contribution in [3.8, 4) is 0 Å². The minimum absolute atomic E-state index is 0.429. The van der Waals surface area contributed by atoms with Crippen LogP contribution in [0.1, 0.15) is 15.9 Å². The largest absolute Gasteiger partial charge is 0.431 e. The summed E-state index contributed by atoms with van der Waals surface area (Å²) in [5.41, 5.74) is 1.36. The van der Waals surface area contributed by atoms with E-state index in [-0.39, 0.29) is 0 Å². The average Bonchev–Trinajstić information content (AvgIpc) is 2.05. The smallest absolute Gasteiger partial charge is 0.344 e. The fraction of sp³-hybridized carbons (Fsp3) is 0.111. The van der Waals surface area contributed by atoms with Crippen LogP contribution in [0.25, 0.3) is 0 Å². The number of aryl methyl sites for hydroxylation is 1. The molecule has 0 unspecified atom stereocenters. The van der Waals surface area contributed by atoms with Crippen LogP contribution in [-0.2, 0) is 4.74 Å². The molecule has 0 aliphatic carbocycles. The number of hydrogen-bond acceptors (Lipinski definition) is 3. The summed E-state index contributed by atoms with van der Waals surface area (Å²) in [5, 5.41) is 0. The quantitative estimate of drug-likeness (QED) is 0.492. The first-order valence-electron chi connectivity index (χ1n) is 3.47. The van der Waals surface area contributed by atoms with E-state index >= 15 is 0 Å². The summed E-state index contributed by atoms with van der Waals surface area (Å²) in [6, 6.07) is 1.71. The first-order chi connectivity index (χ1) is 5.74. The third-order valence-electron chi connectivity index (χ3n) is 1.30. The van der Waals surface area contributed by atoms with Gasteiger partial charge in [0.2, 0.25) is 0 Å². The number of rotatable bonds is 2. The SMILES string of the molecule is C=COC(=O)c1cncc(C)c1. The molecule has 1 rings (SSSR count). The highest BCUT2D eigenvalue weighted by molar-refractivity contribution is 5.89. The Balaban J connectivity index is 2.87. The molecule has 3 heteroatoms. The zero-order valence-electron chi connectivity index (χ0n) is 6.78. The monoisotopic (exact) mass is 163 g/mol. The number of pyridine rings is 1. The van der Waals surface area contributed by atoms with Crippen molar-refractivity contribution in [2.75, 3.05) is 0 Å². The van der Waals surface area contributed by atoms with Crippen molar-refractivity contribution in [1.29, 1.82) is 0 Å². The maximum atomic E-state index is 11.1. The topological polar surface area (TPSA) is 39.2 Å². The Morgan fingerprint density at radius 2 is 2.42 bits per heavy atom. The molecule has 0 saturated carbocycles. The number of ether oxygens (including phenoxy) is 1. The Morgan fingerprint density at radius 3 is 3.00 bits per heavy atom. The normalized spacial score (nSPS) is 9.08. The molecule has 0 fully saturated rings. The molecular weight excluding hydrogens is 154 g/mol. The molecule has 0 saturated heterocycles. The van der Waals surface area contributed by atoms with Crippen LogP contribution in [0.15, 0.2) is 31.3 Å². The van der Waals surface area contributed by atoms with Gasteiger partial charge in [-0.25, -0.2) is 4.79 Å². The van der Waals surface area contributed by atoms with E-state index in [1.54, 1.807) is 12.3 Å². The molecule has 0 aliphatic heterocycles. The van der Waals surface area contributed by atoms with Crippen molar-refractivity contribution in [2.24, 2.45) is 0 Å². The molecule has 0 N–H and O–H groups in total. The molecule has 0 aliphatic rings. The van der Waals surface area contributed by atoms with E-state index in [2.05, 4.69) is 16.3 Å². The number of aromatic nitrogens is 1. The van der Waals surface area contributed by atoms with Crippen molar-refractivity contribution < 1.29 is 9.53 Å². The predicted molar refractivity (Wildman–Crippen MR) is 44.6 cm³/mol. The second-order valence-corrected chi connectivity index (χ2v) is 2.32. The summed E-state index contributed by atoms with van der Waals surface area (Å²) in [5.74, 6) is -0.429. The van der Waals surface area contributed by atoms with Crippen LogP contribution in [0.5, 0.6) is 0 Å². The highest BCUT2D eigenvalue weighted by atomic mass is 16.5. The van der Waals surface area contributed by atoms with Crippen LogP contribution in [-0.4, -0.2) is 11.0 Å². The van der Waals surface area contributed by atoms with Crippen molar-refractivity contribution in [3.63, 3.8) is 0 Å². The molecule has 62 valence electrons. The Bertz CT molecular complexity index is 307. The van der Waals surface area contributed by atoms with Gasteiger partial charge in [0.25, 0.3) is 0 Å². The van der Waals surface area contributed by atoms with Gasteiger partial charge in [0.05, 0.1) is 11.8 Å². The Kier molecular flexibility index (Phi) is 2.58. The standard InChI is InChI=1S/C9H9NO2/c1-3-12-9(11)8-4-7(2)5-10-6-8/h3-6H,1H2,2H3. The van der Waals surface area contributed by atoms with Gasteiger partial charge < -0.3 is 4.74 Å². The molecule has 0 amide bonds. The van der Waals surface area contributed by atoms with Crippen LogP contribution < -0.4 is 0 Å². The van der Waals surface area contributed by atoms with E-state index in [9.17, 15) is 4.79 Å². The van der Waals surface area contributed by atoms with Crippen LogP contribution >= 0.6 is 0 Å². The maximum absolute atomic E-state index is 11.1. The number of hydrogen-bond donors (Lipinski definition) is 0. The number of esters is 1. The highest BCUT2D eigenvalue weighted by Gasteiger charge is 2.04. The van der Waals surface area contributed by atoms with E-state index in [0.717, 1.165) is 11.8 Å². The van der Waals surface area contributed by atoms with E-state index < -0.39 is 5.97 Å². The lowest BCUT2D eigenvalue weighted by Crippen LogP contribution is -2.00. The van der Waals surface area contributed by atoms with Crippen molar-refractivity contribution in [3.05, 3.63) is 42.4 Å². The summed E-state index contributed by atoms with van der Waals surface area (Å²) in [6.45, 7) is 5.14. The fourth-order valence-corrected chi connectivity index (χ4v) is 0.810. The summed E-state index contributed by atoms with van der Waals surface area (Å²) >= 11 is 0. The van der Waals surface area contributed by atoms with Crippen molar-refractivity contribution in [1.82, 2.24) is 4.98 Å². The number of nitrogens with zero attached hydrogens (tertiary/aromatic N) is 1. The number of carbonyl (C=O) groups is 1. The van der Waals surface area contributed by atoms with Gasteiger partial charge in [-0.1, -0.05) is 6.58 Å². The van der Waals surface area contributed by atoms with Gasteiger partial charge in [-0.2, -0.15) is 0 Å². The van der Waals surface area contributed by atoms with Crippen molar-refractivity contribution in [2.45, 2.75) is 6.92 Å². The Morgan fingerprint density at radius 1 is 1.67 bits per heavy atom. The Hall–Kier alpha value is -1.64. The number of carbonyl (C=O) groups excluding carboxylic acids is 1. The van der Waals surface area contributed by atoms with Gasteiger partial charge in [-0.15, -0.1) is 0 Å². The molecule has 0 aromatic carbocycles. The molecule has 1 aromatic heterocycles. The fourth-order valence-electron chi connectivity index (χ4n) is 0.810. The van der Waals surface area contributed by atoms with Gasteiger partial charge >= 0.3 is 5.97 Å². The summed E-state index contributed by atoms with van der Waals surface area (Å²) < 4.78 is 4.57. The van der Waals surface area contributed by atoms with Gasteiger partial charge in [-0.05, 0) is 18.6 Å². The zero-order valence-corrected chi connectivity index (χ0v) is 6.78. The third kappa shape index (κ3) is 1.92. The lowest BCUT2D eigenvalue weighted by molar-refractivity contribution is 0.0663. The second kappa shape index (κ2) is 3.67.